The molecule has 0 aliphatic carbocycles. The lowest BCUT2D eigenvalue weighted by Crippen LogP contribution is -2.45. The number of hydrogen-bond acceptors (Lipinski definition) is 4. The predicted octanol–water partition coefficient (Wildman–Crippen LogP) is 9.17. The van der Waals surface area contributed by atoms with Gasteiger partial charge < -0.3 is 4.43 Å². The standard InChI is InChI=1S/C36H39F4N3O3Si.2H2S/c1-7-42-33-32(29(22-46-47(5,6)35(2,3)4)41-43(33)27-14-9-8-10-15-27)31(23-16-18-26(37)19-17-23)28(34(42)45)21-30(44)24-12-11-13-25(20-24)36(38,39)40;;/h8-20,28,31H,7,21-22H2,1-6H3;2*1H2/t28-,31+;;/m0../s1. The molecular formula is C36H43F4N3O3S2Si. The van der Waals surface area contributed by atoms with Crippen LogP contribution in [-0.4, -0.2) is 36.3 Å². The van der Waals surface area contributed by atoms with E-state index in [4.69, 9.17) is 9.52 Å². The Labute approximate surface area is 299 Å². The zero-order chi connectivity index (χ0) is 34.3. The molecule has 13 heteroatoms. The molecule has 264 valence electrons. The molecule has 0 saturated heterocycles. The van der Waals surface area contributed by atoms with E-state index < -0.39 is 43.5 Å². The number of anilines is 1. The van der Waals surface area contributed by atoms with Crippen molar-refractivity contribution in [3.8, 4) is 5.69 Å². The monoisotopic (exact) mass is 733 g/mol. The predicted molar refractivity (Wildman–Crippen MR) is 196 cm³/mol. The van der Waals surface area contributed by atoms with Crippen molar-refractivity contribution in [2.24, 2.45) is 5.92 Å². The second-order valence-corrected chi connectivity index (χ2v) is 18.2. The highest BCUT2D eigenvalue weighted by atomic mass is 32.1. The second kappa shape index (κ2) is 15.2. The Morgan fingerprint density at radius 1 is 0.939 bits per heavy atom. The van der Waals surface area contributed by atoms with E-state index in [2.05, 4.69) is 33.9 Å². The van der Waals surface area contributed by atoms with E-state index in [0.717, 1.165) is 12.1 Å². The Bertz CT molecular complexity index is 1780. The normalized spacial score (nSPS) is 16.4. The first kappa shape index (κ1) is 40.0. The van der Waals surface area contributed by atoms with Crippen LogP contribution in [0.3, 0.4) is 0 Å². The van der Waals surface area contributed by atoms with Gasteiger partial charge in [-0.2, -0.15) is 45.3 Å². The topological polar surface area (TPSA) is 64.4 Å². The number of rotatable bonds is 9. The first-order chi connectivity index (χ1) is 22.0. The minimum Gasteiger partial charge on any atom is -0.411 e. The van der Waals surface area contributed by atoms with Gasteiger partial charge in [-0.25, -0.2) is 9.07 Å². The fraction of sp³-hybridized carbons (Fsp3) is 0.361. The lowest BCUT2D eigenvalue weighted by atomic mass is 9.74. The maximum Gasteiger partial charge on any atom is 0.416 e. The number of Topliss-reactive ketones (excluding diaryl/α,β-unsaturated/α-hetero) is 1. The van der Waals surface area contributed by atoms with Gasteiger partial charge in [0.1, 0.15) is 11.6 Å². The first-order valence-electron chi connectivity index (χ1n) is 15.6. The summed E-state index contributed by atoms with van der Waals surface area (Å²) in [7, 11) is -2.28. The molecule has 0 saturated carbocycles. The number of hydrogen-bond donors (Lipinski definition) is 0. The molecule has 0 unspecified atom stereocenters. The zero-order valence-electron chi connectivity index (χ0n) is 28.4. The van der Waals surface area contributed by atoms with Crippen molar-refractivity contribution in [2.45, 2.75) is 70.9 Å². The van der Waals surface area contributed by atoms with Crippen LogP contribution < -0.4 is 4.90 Å². The summed E-state index contributed by atoms with van der Waals surface area (Å²) < 4.78 is 63.2. The molecule has 0 bridgehead atoms. The van der Waals surface area contributed by atoms with Crippen LogP contribution in [-0.2, 0) is 22.0 Å². The molecule has 2 heterocycles. The summed E-state index contributed by atoms with van der Waals surface area (Å²) in [6.07, 6.45) is -5.00. The molecule has 0 radical (unpaired) electrons. The van der Waals surface area contributed by atoms with Crippen molar-refractivity contribution in [1.82, 2.24) is 9.78 Å². The molecule has 1 amide bonds. The van der Waals surface area contributed by atoms with E-state index in [1.807, 2.05) is 37.3 Å². The number of amides is 1. The van der Waals surface area contributed by atoms with E-state index in [-0.39, 0.29) is 63.1 Å². The third-order valence-electron chi connectivity index (χ3n) is 9.36. The lowest BCUT2D eigenvalue weighted by Gasteiger charge is -2.39. The second-order valence-electron chi connectivity index (χ2n) is 13.4. The highest BCUT2D eigenvalue weighted by Crippen LogP contribution is 2.48. The molecule has 0 fully saturated rings. The fourth-order valence-corrected chi connectivity index (χ4v) is 6.71. The maximum absolute atomic E-state index is 14.5. The molecule has 3 aromatic carbocycles. The average Bonchev–Trinajstić information content (AvgIpc) is 3.39. The molecule has 0 N–H and O–H groups in total. The van der Waals surface area contributed by atoms with Crippen molar-refractivity contribution >= 4 is 52.8 Å². The number of nitrogens with zero attached hydrogens (tertiary/aromatic N) is 3. The highest BCUT2D eigenvalue weighted by molar-refractivity contribution is 7.59. The maximum atomic E-state index is 14.5. The van der Waals surface area contributed by atoms with Gasteiger partial charge >= 0.3 is 6.18 Å². The van der Waals surface area contributed by atoms with Crippen molar-refractivity contribution < 1.29 is 31.6 Å². The van der Waals surface area contributed by atoms with Crippen LogP contribution in [0.15, 0.2) is 78.9 Å². The van der Waals surface area contributed by atoms with E-state index in [9.17, 15) is 27.2 Å². The number of alkyl halides is 3. The molecule has 0 spiro atoms. The number of carbonyl (C=O) groups excluding carboxylic acids is 2. The Morgan fingerprint density at radius 3 is 2.14 bits per heavy atom. The highest BCUT2D eigenvalue weighted by Gasteiger charge is 2.47. The molecule has 2 atom stereocenters. The van der Waals surface area contributed by atoms with Crippen molar-refractivity contribution in [3.05, 3.63) is 113 Å². The van der Waals surface area contributed by atoms with Crippen molar-refractivity contribution in [1.29, 1.82) is 0 Å². The summed E-state index contributed by atoms with van der Waals surface area (Å²) in [5.74, 6) is -2.68. The van der Waals surface area contributed by atoms with Gasteiger partial charge in [0.05, 0.1) is 29.5 Å². The van der Waals surface area contributed by atoms with Crippen LogP contribution in [0.25, 0.3) is 5.69 Å². The van der Waals surface area contributed by atoms with Gasteiger partial charge in [-0.15, -0.1) is 0 Å². The number of halogens is 4. The van der Waals surface area contributed by atoms with Gasteiger partial charge in [0.15, 0.2) is 14.1 Å². The molecule has 1 aliphatic rings. The number of carbonyl (C=O) groups is 2. The smallest absolute Gasteiger partial charge is 0.411 e. The molecule has 49 heavy (non-hydrogen) atoms. The van der Waals surface area contributed by atoms with E-state index in [0.29, 0.717) is 28.3 Å². The minimum absolute atomic E-state index is 0. The Hall–Kier alpha value is -3.39. The average molecular weight is 734 g/mol. The summed E-state index contributed by atoms with van der Waals surface area (Å²) in [6.45, 7) is 12.9. The fourth-order valence-electron chi connectivity index (χ4n) is 5.78. The van der Waals surface area contributed by atoms with Gasteiger partial charge in [0.25, 0.3) is 0 Å². The summed E-state index contributed by atoms with van der Waals surface area (Å²) in [5, 5.41) is 4.92. The molecule has 4 aromatic rings. The van der Waals surface area contributed by atoms with Crippen molar-refractivity contribution in [2.75, 3.05) is 11.4 Å². The largest absolute Gasteiger partial charge is 0.416 e. The van der Waals surface area contributed by atoms with Crippen LogP contribution >= 0.6 is 27.0 Å². The van der Waals surface area contributed by atoms with E-state index in [1.54, 1.807) is 21.7 Å². The molecule has 1 aromatic heterocycles. The van der Waals surface area contributed by atoms with E-state index >= 15 is 0 Å². The summed E-state index contributed by atoms with van der Waals surface area (Å²) >= 11 is 0. The summed E-state index contributed by atoms with van der Waals surface area (Å²) in [6, 6.07) is 19.3. The lowest BCUT2D eigenvalue weighted by molar-refractivity contribution is -0.137. The summed E-state index contributed by atoms with van der Waals surface area (Å²) in [4.78, 5) is 29.8. The Morgan fingerprint density at radius 2 is 1.57 bits per heavy atom. The third kappa shape index (κ3) is 8.16. The Balaban J connectivity index is 0.00000325. The van der Waals surface area contributed by atoms with Gasteiger partial charge in [0.2, 0.25) is 5.91 Å². The molecule has 1 aliphatic heterocycles. The zero-order valence-corrected chi connectivity index (χ0v) is 31.4. The van der Waals surface area contributed by atoms with Crippen molar-refractivity contribution in [3.63, 3.8) is 0 Å². The van der Waals surface area contributed by atoms with Crippen LogP contribution in [0.1, 0.15) is 72.8 Å². The van der Waals surface area contributed by atoms with Crippen LogP contribution in [0.5, 0.6) is 0 Å². The van der Waals surface area contributed by atoms with Gasteiger partial charge in [-0.05, 0) is 67.0 Å². The molecule has 5 rings (SSSR count). The van der Waals surface area contributed by atoms with Gasteiger partial charge in [-0.1, -0.05) is 63.2 Å². The summed E-state index contributed by atoms with van der Waals surface area (Å²) in [5.41, 5.74) is 1.46. The van der Waals surface area contributed by atoms with Gasteiger partial charge in [-0.3, -0.25) is 14.5 Å². The SMILES string of the molecule is CCN1C(=O)[C@@H](CC(=O)c2cccc(C(F)(F)F)c2)[C@@H](c2ccc(F)cc2)c2c(CO[Si](C)(C)C(C)(C)C)nn(-c3ccccc3)c21.S.S. The minimum atomic E-state index is -4.63. The quantitative estimate of drug-likeness (QED) is 0.0978. The number of aromatic nitrogens is 2. The van der Waals surface area contributed by atoms with Crippen LogP contribution in [0.2, 0.25) is 18.1 Å². The Kier molecular flexibility index (Phi) is 12.5. The third-order valence-corrected chi connectivity index (χ3v) is 13.8. The molecule has 6 nitrogen and oxygen atoms in total. The number of benzene rings is 3. The van der Waals surface area contributed by atoms with Crippen LogP contribution in [0, 0.1) is 11.7 Å². The van der Waals surface area contributed by atoms with Crippen LogP contribution in [0.4, 0.5) is 23.4 Å². The molecular weight excluding hydrogens is 691 g/mol. The first-order valence-corrected chi connectivity index (χ1v) is 18.5. The van der Waals surface area contributed by atoms with Gasteiger partial charge in [0, 0.05) is 30.0 Å². The van der Waals surface area contributed by atoms with E-state index in [1.165, 1.54) is 24.3 Å². The number of para-hydroxylation sites is 1. The number of ketones is 1. The number of fused-ring (bicyclic) bond motifs is 1.